The van der Waals surface area contributed by atoms with Gasteiger partial charge >= 0.3 is 17.6 Å². The molecule has 3 rings (SSSR count). The smallest absolute Gasteiger partial charge is 0.404 e. The van der Waals surface area contributed by atoms with E-state index in [1.165, 1.54) is 4.68 Å². The van der Waals surface area contributed by atoms with Crippen LogP contribution in [0.3, 0.4) is 0 Å². The van der Waals surface area contributed by atoms with Gasteiger partial charge in [0.25, 0.3) is 5.91 Å². The van der Waals surface area contributed by atoms with E-state index in [0.29, 0.717) is 11.4 Å². The highest BCUT2D eigenvalue weighted by atomic mass is 79.9. The first kappa shape index (κ1) is 23.8. The first-order valence-electron chi connectivity index (χ1n) is 9.69. The lowest BCUT2D eigenvalue weighted by molar-refractivity contribution is -0.390. The van der Waals surface area contributed by atoms with Crippen molar-refractivity contribution in [1.82, 2.24) is 30.6 Å². The van der Waals surface area contributed by atoms with Gasteiger partial charge in [-0.2, -0.15) is 9.67 Å². The van der Waals surface area contributed by atoms with Crippen molar-refractivity contribution in [3.63, 3.8) is 0 Å². The topological polar surface area (TPSA) is 167 Å². The number of carbonyl (C=O) groups is 2. The number of nitrogens with one attached hydrogen (secondary N) is 2. The molecule has 0 bridgehead atoms. The van der Waals surface area contributed by atoms with Gasteiger partial charge in [0, 0.05) is 13.1 Å². The molecule has 2 aromatic heterocycles. The quantitative estimate of drug-likeness (QED) is 0.228. The van der Waals surface area contributed by atoms with Crippen LogP contribution in [0.1, 0.15) is 27.8 Å². The van der Waals surface area contributed by atoms with Gasteiger partial charge in [0.1, 0.15) is 16.8 Å². The number of hydrogen-bond donors (Lipinski definition) is 2. The van der Waals surface area contributed by atoms with Gasteiger partial charge in [-0.05, 0) is 46.8 Å². The number of rotatable bonds is 10. The zero-order chi connectivity index (χ0) is 24.0. The fraction of sp³-hybridized carbons (Fsp3) is 0.316. The number of benzene rings is 1. The maximum Gasteiger partial charge on any atom is 0.404 e. The fourth-order valence-electron chi connectivity index (χ4n) is 2.61. The van der Waals surface area contributed by atoms with Crippen molar-refractivity contribution in [2.75, 3.05) is 19.7 Å². The Morgan fingerprint density at radius 1 is 1.21 bits per heavy atom. The molecule has 33 heavy (non-hydrogen) atoms. The highest BCUT2D eigenvalue weighted by molar-refractivity contribution is 9.10. The first-order chi connectivity index (χ1) is 15.7. The number of aryl methyl sites for hydroxylation is 1. The molecule has 13 nitrogen and oxygen atoms in total. The average Bonchev–Trinajstić information content (AvgIpc) is 3.36. The predicted molar refractivity (Wildman–Crippen MR) is 117 cm³/mol. The van der Waals surface area contributed by atoms with Gasteiger partial charge < -0.3 is 30.0 Å². The molecule has 174 valence electrons. The van der Waals surface area contributed by atoms with Crippen molar-refractivity contribution in [2.45, 2.75) is 20.4 Å². The summed E-state index contributed by atoms with van der Waals surface area (Å²) < 4.78 is 11.9. The Kier molecular flexibility index (Phi) is 7.71. The van der Waals surface area contributed by atoms with E-state index in [2.05, 4.69) is 41.8 Å². The van der Waals surface area contributed by atoms with E-state index >= 15 is 0 Å². The normalized spacial score (nSPS) is 10.6. The minimum absolute atomic E-state index is 0.0217. The maximum absolute atomic E-state index is 12.1. The molecule has 0 aliphatic heterocycles. The molecular formula is C19H20BrN7O6. The predicted octanol–water partition coefficient (Wildman–Crippen LogP) is 1.53. The SMILES string of the molecule is Cc1ccc(OCC(=O)NCCNC(=O)c2nc(Cn3nc([N+](=O)[O-])c(Br)c3C)no2)cc1. The molecule has 0 aliphatic carbocycles. The largest absolute Gasteiger partial charge is 0.484 e. The standard InChI is InChI=1S/C19H20BrN7O6/c1-11-3-5-13(6-4-11)32-10-15(28)21-7-8-22-18(29)19-23-14(25-33-19)9-26-12(2)16(20)17(24-26)27(30)31/h3-6H,7-10H2,1-2H3,(H,21,28)(H,22,29). The van der Waals surface area contributed by atoms with Gasteiger partial charge in [0.05, 0.1) is 10.8 Å². The van der Waals surface area contributed by atoms with Crippen LogP contribution < -0.4 is 15.4 Å². The van der Waals surface area contributed by atoms with Gasteiger partial charge in [0.2, 0.25) is 0 Å². The van der Waals surface area contributed by atoms with Gasteiger partial charge in [-0.15, -0.1) is 0 Å². The number of nitro groups is 1. The highest BCUT2D eigenvalue weighted by Gasteiger charge is 2.25. The van der Waals surface area contributed by atoms with Gasteiger partial charge in [-0.1, -0.05) is 22.9 Å². The molecule has 2 N–H and O–H groups in total. The lowest BCUT2D eigenvalue weighted by atomic mass is 10.2. The molecular weight excluding hydrogens is 502 g/mol. The van der Waals surface area contributed by atoms with Crippen LogP contribution in [0.15, 0.2) is 33.3 Å². The molecule has 0 saturated carbocycles. The van der Waals surface area contributed by atoms with Crippen molar-refractivity contribution in [3.8, 4) is 5.75 Å². The zero-order valence-corrected chi connectivity index (χ0v) is 19.3. The van der Waals surface area contributed by atoms with E-state index in [1.54, 1.807) is 19.1 Å². The summed E-state index contributed by atoms with van der Waals surface area (Å²) in [5, 5.41) is 23.7. The number of aromatic nitrogens is 4. The molecule has 0 unspecified atom stereocenters. The fourth-order valence-corrected chi connectivity index (χ4v) is 3.04. The summed E-state index contributed by atoms with van der Waals surface area (Å²) >= 11 is 3.12. The minimum Gasteiger partial charge on any atom is -0.484 e. The number of nitrogens with zero attached hydrogens (tertiary/aromatic N) is 5. The Morgan fingerprint density at radius 2 is 1.91 bits per heavy atom. The summed E-state index contributed by atoms with van der Waals surface area (Å²) in [5.74, 6) is -0.862. The molecule has 0 saturated heterocycles. The van der Waals surface area contributed by atoms with Crippen LogP contribution in [-0.2, 0) is 11.3 Å². The van der Waals surface area contributed by atoms with Crippen LogP contribution in [-0.4, -0.2) is 56.4 Å². The van der Waals surface area contributed by atoms with Crippen LogP contribution in [0.2, 0.25) is 0 Å². The summed E-state index contributed by atoms with van der Waals surface area (Å²) in [6.07, 6.45) is 0. The molecule has 1 aromatic carbocycles. The minimum atomic E-state index is -0.622. The summed E-state index contributed by atoms with van der Waals surface area (Å²) in [6.45, 7) is 3.72. The summed E-state index contributed by atoms with van der Waals surface area (Å²) in [6, 6.07) is 7.31. The second-order valence-corrected chi connectivity index (χ2v) is 7.65. The summed E-state index contributed by atoms with van der Waals surface area (Å²) in [7, 11) is 0. The Labute approximate surface area is 195 Å². The maximum atomic E-state index is 12.1. The lowest BCUT2D eigenvalue weighted by Gasteiger charge is -2.08. The third kappa shape index (κ3) is 6.35. The molecule has 0 fully saturated rings. The van der Waals surface area contributed by atoms with Crippen LogP contribution in [0.25, 0.3) is 0 Å². The second kappa shape index (κ2) is 10.7. The van der Waals surface area contributed by atoms with Gasteiger partial charge in [-0.25, -0.2) is 0 Å². The van der Waals surface area contributed by atoms with Gasteiger partial charge in [-0.3, -0.25) is 9.59 Å². The van der Waals surface area contributed by atoms with Crippen molar-refractivity contribution in [1.29, 1.82) is 0 Å². The number of halogens is 1. The molecule has 2 heterocycles. The third-order valence-corrected chi connectivity index (χ3v) is 5.30. The Hall–Kier alpha value is -3.81. The Morgan fingerprint density at radius 3 is 2.58 bits per heavy atom. The Bertz CT molecular complexity index is 1160. The van der Waals surface area contributed by atoms with Crippen LogP contribution in [0.4, 0.5) is 5.82 Å². The first-order valence-corrected chi connectivity index (χ1v) is 10.5. The van der Waals surface area contributed by atoms with Crippen LogP contribution in [0.5, 0.6) is 5.75 Å². The monoisotopic (exact) mass is 521 g/mol. The van der Waals surface area contributed by atoms with E-state index in [0.717, 1.165) is 5.56 Å². The molecule has 0 spiro atoms. The van der Waals surface area contributed by atoms with Crippen LogP contribution in [0, 0.1) is 24.0 Å². The van der Waals surface area contributed by atoms with Crippen LogP contribution >= 0.6 is 15.9 Å². The number of hydrogen-bond acceptors (Lipinski definition) is 9. The molecule has 0 aliphatic rings. The Balaban J connectivity index is 1.41. The van der Waals surface area contributed by atoms with E-state index < -0.39 is 10.8 Å². The lowest BCUT2D eigenvalue weighted by Crippen LogP contribution is -2.36. The van der Waals surface area contributed by atoms with Crippen molar-refractivity contribution >= 4 is 33.6 Å². The average molecular weight is 522 g/mol. The number of ether oxygens (including phenoxy) is 1. The second-order valence-electron chi connectivity index (χ2n) is 6.86. The van der Waals surface area contributed by atoms with E-state index in [4.69, 9.17) is 9.26 Å². The van der Waals surface area contributed by atoms with E-state index in [-0.39, 0.29) is 54.2 Å². The number of amides is 2. The van der Waals surface area contributed by atoms with E-state index in [9.17, 15) is 19.7 Å². The van der Waals surface area contributed by atoms with Crippen molar-refractivity contribution < 1.29 is 23.8 Å². The van der Waals surface area contributed by atoms with Crippen molar-refractivity contribution in [2.24, 2.45) is 0 Å². The molecule has 14 heteroatoms. The molecule has 0 radical (unpaired) electrons. The molecule has 2 amide bonds. The highest BCUT2D eigenvalue weighted by Crippen LogP contribution is 2.27. The molecule has 3 aromatic rings. The summed E-state index contributed by atoms with van der Waals surface area (Å²) in [4.78, 5) is 38.3. The zero-order valence-electron chi connectivity index (χ0n) is 17.7. The molecule has 0 atom stereocenters. The van der Waals surface area contributed by atoms with Gasteiger partial charge in [0.15, 0.2) is 12.4 Å². The van der Waals surface area contributed by atoms with E-state index in [1.807, 2.05) is 19.1 Å². The number of carbonyl (C=O) groups excluding carboxylic acids is 2. The van der Waals surface area contributed by atoms with Crippen molar-refractivity contribution in [3.05, 3.63) is 61.8 Å². The summed E-state index contributed by atoms with van der Waals surface area (Å²) in [5.41, 5.74) is 1.59. The third-order valence-electron chi connectivity index (χ3n) is 4.37.